The van der Waals surface area contributed by atoms with Crippen molar-refractivity contribution in [3.05, 3.63) is 40.7 Å². The molecule has 1 saturated carbocycles. The summed E-state index contributed by atoms with van der Waals surface area (Å²) >= 11 is 5.37. The van der Waals surface area contributed by atoms with E-state index in [1.54, 1.807) is 12.1 Å². The Morgan fingerprint density at radius 1 is 1.24 bits per heavy atom. The first-order valence-corrected chi connectivity index (χ1v) is 7.80. The second-order valence-corrected chi connectivity index (χ2v) is 5.85. The SMILES string of the molecule is Fc1ccc(NCc2n[nH]c(=S)n2C2CCCCC2)cc1. The van der Waals surface area contributed by atoms with Gasteiger partial charge in [0.15, 0.2) is 10.6 Å². The van der Waals surface area contributed by atoms with Gasteiger partial charge in [-0.1, -0.05) is 19.3 Å². The molecule has 1 heterocycles. The lowest BCUT2D eigenvalue weighted by Gasteiger charge is -2.24. The van der Waals surface area contributed by atoms with E-state index >= 15 is 0 Å². The van der Waals surface area contributed by atoms with Crippen LogP contribution in [-0.2, 0) is 6.54 Å². The van der Waals surface area contributed by atoms with Crippen molar-refractivity contribution < 1.29 is 4.39 Å². The summed E-state index contributed by atoms with van der Waals surface area (Å²) < 4.78 is 15.7. The van der Waals surface area contributed by atoms with Gasteiger partial charge in [0, 0.05) is 11.7 Å². The Morgan fingerprint density at radius 2 is 1.95 bits per heavy atom. The lowest BCUT2D eigenvalue weighted by Crippen LogP contribution is -2.17. The molecule has 1 fully saturated rings. The molecule has 2 aromatic rings. The molecule has 0 spiro atoms. The lowest BCUT2D eigenvalue weighted by molar-refractivity contribution is 0.343. The van der Waals surface area contributed by atoms with Crippen molar-refractivity contribution >= 4 is 17.9 Å². The molecule has 1 aromatic heterocycles. The Hall–Kier alpha value is -1.69. The van der Waals surface area contributed by atoms with Gasteiger partial charge in [0.1, 0.15) is 5.82 Å². The number of halogens is 1. The molecule has 0 radical (unpaired) electrons. The summed E-state index contributed by atoms with van der Waals surface area (Å²) in [5.41, 5.74) is 0.875. The van der Waals surface area contributed by atoms with Gasteiger partial charge in [0.25, 0.3) is 0 Å². The number of nitrogens with one attached hydrogen (secondary N) is 2. The molecule has 0 saturated heterocycles. The van der Waals surface area contributed by atoms with E-state index in [-0.39, 0.29) is 5.82 Å². The Morgan fingerprint density at radius 3 is 2.67 bits per heavy atom. The second kappa shape index (κ2) is 6.39. The third-order valence-electron chi connectivity index (χ3n) is 4.01. The molecule has 0 aliphatic heterocycles. The number of H-pyrrole nitrogens is 1. The van der Waals surface area contributed by atoms with Gasteiger partial charge in [-0.25, -0.2) is 4.39 Å². The smallest absolute Gasteiger partial charge is 0.195 e. The monoisotopic (exact) mass is 306 g/mol. The van der Waals surface area contributed by atoms with Gasteiger partial charge in [-0.2, -0.15) is 5.10 Å². The van der Waals surface area contributed by atoms with Crippen LogP contribution in [0.1, 0.15) is 44.0 Å². The normalized spacial score (nSPS) is 16.0. The molecule has 0 bridgehead atoms. The summed E-state index contributed by atoms with van der Waals surface area (Å²) in [5, 5.41) is 10.5. The minimum atomic E-state index is -0.231. The fraction of sp³-hybridized carbons (Fsp3) is 0.467. The molecule has 0 atom stereocenters. The maximum atomic E-state index is 12.9. The molecule has 1 aliphatic carbocycles. The van der Waals surface area contributed by atoms with Gasteiger partial charge in [0.2, 0.25) is 0 Å². The number of hydrogen-bond donors (Lipinski definition) is 2. The predicted molar refractivity (Wildman–Crippen MR) is 83.3 cm³/mol. The van der Waals surface area contributed by atoms with Crippen LogP contribution < -0.4 is 5.32 Å². The maximum Gasteiger partial charge on any atom is 0.195 e. The third-order valence-corrected chi connectivity index (χ3v) is 4.30. The molecule has 3 rings (SSSR count). The summed E-state index contributed by atoms with van der Waals surface area (Å²) in [7, 11) is 0. The van der Waals surface area contributed by atoms with E-state index in [1.165, 1.54) is 31.4 Å². The van der Waals surface area contributed by atoms with E-state index in [2.05, 4.69) is 20.1 Å². The molecular weight excluding hydrogens is 287 g/mol. The van der Waals surface area contributed by atoms with Gasteiger partial charge in [-0.15, -0.1) is 0 Å². The van der Waals surface area contributed by atoms with Crippen molar-refractivity contribution in [2.75, 3.05) is 5.32 Å². The Balaban J connectivity index is 1.73. The average Bonchev–Trinajstić information content (AvgIpc) is 2.88. The van der Waals surface area contributed by atoms with Crippen LogP contribution in [0.2, 0.25) is 0 Å². The van der Waals surface area contributed by atoms with E-state index < -0.39 is 0 Å². The standard InChI is InChI=1S/C15H19FN4S/c16-11-6-8-12(9-7-11)17-10-14-18-19-15(21)20(14)13-4-2-1-3-5-13/h6-9,13,17H,1-5,10H2,(H,19,21). The average molecular weight is 306 g/mol. The van der Waals surface area contributed by atoms with Crippen LogP contribution >= 0.6 is 12.2 Å². The molecular formula is C15H19FN4S. The van der Waals surface area contributed by atoms with Gasteiger partial charge < -0.3 is 5.32 Å². The molecule has 1 aliphatic rings. The minimum absolute atomic E-state index is 0.231. The van der Waals surface area contributed by atoms with Crippen molar-refractivity contribution in [1.82, 2.24) is 14.8 Å². The first-order chi connectivity index (χ1) is 10.2. The Kier molecular flexibility index (Phi) is 4.34. The van der Waals surface area contributed by atoms with Crippen LogP contribution in [0.15, 0.2) is 24.3 Å². The van der Waals surface area contributed by atoms with Gasteiger partial charge in [0.05, 0.1) is 6.54 Å². The van der Waals surface area contributed by atoms with Crippen LogP contribution in [-0.4, -0.2) is 14.8 Å². The first-order valence-electron chi connectivity index (χ1n) is 7.39. The lowest BCUT2D eigenvalue weighted by atomic mass is 9.95. The van der Waals surface area contributed by atoms with E-state index in [0.29, 0.717) is 17.4 Å². The number of aromatic amines is 1. The summed E-state index contributed by atoms with van der Waals surface area (Å²) in [6.45, 7) is 0.579. The molecule has 2 N–H and O–H groups in total. The van der Waals surface area contributed by atoms with Crippen molar-refractivity contribution in [2.24, 2.45) is 0 Å². The molecule has 112 valence electrons. The zero-order chi connectivity index (χ0) is 14.7. The van der Waals surface area contributed by atoms with E-state index in [0.717, 1.165) is 24.4 Å². The summed E-state index contributed by atoms with van der Waals surface area (Å²) in [6.07, 6.45) is 6.14. The Bertz CT molecular complexity index is 640. The highest BCUT2D eigenvalue weighted by Gasteiger charge is 2.19. The molecule has 6 heteroatoms. The fourth-order valence-electron chi connectivity index (χ4n) is 2.93. The number of aromatic nitrogens is 3. The second-order valence-electron chi connectivity index (χ2n) is 5.47. The zero-order valence-electron chi connectivity index (χ0n) is 11.8. The largest absolute Gasteiger partial charge is 0.378 e. The number of nitrogens with zero attached hydrogens (tertiary/aromatic N) is 2. The summed E-state index contributed by atoms with van der Waals surface area (Å²) in [4.78, 5) is 0. The summed E-state index contributed by atoms with van der Waals surface area (Å²) in [5.74, 6) is 0.682. The quantitative estimate of drug-likeness (QED) is 0.832. The van der Waals surface area contributed by atoms with Crippen LogP contribution in [0.5, 0.6) is 0 Å². The Labute approximate surface area is 128 Å². The highest BCUT2D eigenvalue weighted by atomic mass is 32.1. The van der Waals surface area contributed by atoms with Crippen molar-refractivity contribution in [3.8, 4) is 0 Å². The van der Waals surface area contributed by atoms with Gasteiger partial charge >= 0.3 is 0 Å². The van der Waals surface area contributed by atoms with Crippen LogP contribution in [0, 0.1) is 10.6 Å². The van der Waals surface area contributed by atoms with Crippen molar-refractivity contribution in [1.29, 1.82) is 0 Å². The number of anilines is 1. The molecule has 0 amide bonds. The highest BCUT2D eigenvalue weighted by molar-refractivity contribution is 7.71. The van der Waals surface area contributed by atoms with Gasteiger partial charge in [-0.3, -0.25) is 9.67 Å². The van der Waals surface area contributed by atoms with E-state index in [9.17, 15) is 4.39 Å². The van der Waals surface area contributed by atoms with Crippen LogP contribution in [0.3, 0.4) is 0 Å². The predicted octanol–water partition coefficient (Wildman–Crippen LogP) is 4.20. The van der Waals surface area contributed by atoms with E-state index in [4.69, 9.17) is 12.2 Å². The van der Waals surface area contributed by atoms with Crippen molar-refractivity contribution in [3.63, 3.8) is 0 Å². The van der Waals surface area contributed by atoms with Crippen molar-refractivity contribution in [2.45, 2.75) is 44.7 Å². The van der Waals surface area contributed by atoms with E-state index in [1.807, 2.05) is 0 Å². The number of hydrogen-bond acceptors (Lipinski definition) is 3. The topological polar surface area (TPSA) is 45.6 Å². The molecule has 0 unspecified atom stereocenters. The first kappa shape index (κ1) is 14.3. The zero-order valence-corrected chi connectivity index (χ0v) is 12.6. The highest BCUT2D eigenvalue weighted by Crippen LogP contribution is 2.29. The number of benzene rings is 1. The van der Waals surface area contributed by atoms with Crippen LogP contribution in [0.4, 0.5) is 10.1 Å². The fourth-order valence-corrected chi connectivity index (χ4v) is 3.23. The molecule has 4 nitrogen and oxygen atoms in total. The van der Waals surface area contributed by atoms with Crippen LogP contribution in [0.25, 0.3) is 0 Å². The molecule has 1 aromatic carbocycles. The minimum Gasteiger partial charge on any atom is -0.378 e. The summed E-state index contributed by atoms with van der Waals surface area (Å²) in [6, 6.07) is 6.79. The number of rotatable bonds is 4. The third kappa shape index (κ3) is 3.32. The molecule has 21 heavy (non-hydrogen) atoms. The van der Waals surface area contributed by atoms with Gasteiger partial charge in [-0.05, 0) is 49.3 Å². The maximum absolute atomic E-state index is 12.9.